The van der Waals surface area contributed by atoms with Gasteiger partial charge in [0.05, 0.1) is 7.11 Å². The molecule has 0 spiro atoms. The van der Waals surface area contributed by atoms with E-state index in [0.717, 1.165) is 17.1 Å². The summed E-state index contributed by atoms with van der Waals surface area (Å²) in [6, 6.07) is 1.86. The molecule has 0 aromatic carbocycles. The second-order valence-corrected chi connectivity index (χ2v) is 2.86. The summed E-state index contributed by atoms with van der Waals surface area (Å²) >= 11 is 0. The highest BCUT2D eigenvalue weighted by molar-refractivity contribution is 5.51. The molecular weight excluding hydrogens is 152 g/mol. The molecule has 3 nitrogen and oxygen atoms in total. The van der Waals surface area contributed by atoms with E-state index >= 15 is 0 Å². The summed E-state index contributed by atoms with van der Waals surface area (Å²) < 4.78 is 5.17. The number of methoxy groups -OCH3 is 1. The maximum absolute atomic E-state index is 5.17. The Morgan fingerprint density at radius 2 is 2.08 bits per heavy atom. The summed E-state index contributed by atoms with van der Waals surface area (Å²) in [5, 5.41) is 0. The molecule has 0 bridgehead atoms. The Morgan fingerprint density at radius 3 is 2.58 bits per heavy atom. The minimum Gasteiger partial charge on any atom is -0.496 e. The van der Waals surface area contributed by atoms with E-state index in [9.17, 15) is 0 Å². The molecule has 0 unspecified atom stereocenters. The van der Waals surface area contributed by atoms with Gasteiger partial charge >= 0.3 is 0 Å². The molecule has 0 aliphatic heterocycles. The van der Waals surface area contributed by atoms with Crippen molar-refractivity contribution in [3.8, 4) is 5.75 Å². The molecule has 3 heteroatoms. The van der Waals surface area contributed by atoms with Crippen LogP contribution in [0.1, 0.15) is 5.56 Å². The smallest absolute Gasteiger partial charge is 0.134 e. The molecule has 0 aliphatic carbocycles. The average Bonchev–Trinajstić information content (AvgIpc) is 2.04. The lowest BCUT2D eigenvalue weighted by Gasteiger charge is -2.15. The van der Waals surface area contributed by atoms with E-state index in [0.29, 0.717) is 0 Å². The van der Waals surface area contributed by atoms with Gasteiger partial charge in [0.2, 0.25) is 0 Å². The normalized spacial score (nSPS) is 9.67. The molecule has 1 heterocycles. The molecule has 0 aliphatic rings. The Bertz CT molecular complexity index is 271. The van der Waals surface area contributed by atoms with E-state index in [4.69, 9.17) is 4.74 Å². The van der Waals surface area contributed by atoms with Crippen molar-refractivity contribution in [1.29, 1.82) is 0 Å². The third-order valence-corrected chi connectivity index (χ3v) is 1.77. The summed E-state index contributed by atoms with van der Waals surface area (Å²) in [7, 11) is 5.60. The van der Waals surface area contributed by atoms with Crippen molar-refractivity contribution >= 4 is 5.82 Å². The van der Waals surface area contributed by atoms with Gasteiger partial charge in [0.25, 0.3) is 0 Å². The zero-order chi connectivity index (χ0) is 9.14. The Morgan fingerprint density at radius 1 is 1.42 bits per heavy atom. The van der Waals surface area contributed by atoms with Gasteiger partial charge < -0.3 is 9.64 Å². The third kappa shape index (κ3) is 1.49. The molecule has 0 saturated carbocycles. The van der Waals surface area contributed by atoms with Crippen LogP contribution in [-0.4, -0.2) is 26.2 Å². The Balaban J connectivity index is 3.14. The van der Waals surface area contributed by atoms with Crippen LogP contribution >= 0.6 is 0 Å². The van der Waals surface area contributed by atoms with E-state index in [1.807, 2.05) is 32.0 Å². The molecule has 0 fully saturated rings. The number of anilines is 1. The van der Waals surface area contributed by atoms with Crippen molar-refractivity contribution in [2.75, 3.05) is 26.1 Å². The van der Waals surface area contributed by atoms with E-state index < -0.39 is 0 Å². The van der Waals surface area contributed by atoms with Gasteiger partial charge in [-0.05, 0) is 13.0 Å². The molecule has 0 atom stereocenters. The van der Waals surface area contributed by atoms with Gasteiger partial charge in [0.15, 0.2) is 0 Å². The first-order valence-electron chi connectivity index (χ1n) is 3.83. The number of hydrogen-bond donors (Lipinski definition) is 0. The highest BCUT2D eigenvalue weighted by Gasteiger charge is 2.05. The van der Waals surface area contributed by atoms with Gasteiger partial charge in [0, 0.05) is 25.9 Å². The molecule has 0 radical (unpaired) electrons. The molecule has 66 valence electrons. The topological polar surface area (TPSA) is 25.4 Å². The molecule has 1 aromatic heterocycles. The van der Waals surface area contributed by atoms with Crippen LogP contribution in [0, 0.1) is 6.92 Å². The van der Waals surface area contributed by atoms with Gasteiger partial charge in [-0.3, -0.25) is 0 Å². The third-order valence-electron chi connectivity index (χ3n) is 1.77. The SMILES string of the molecule is COc1ccnc(N(C)C)c1C. The first-order valence-corrected chi connectivity index (χ1v) is 3.83. The van der Waals surface area contributed by atoms with Crippen LogP contribution in [0.2, 0.25) is 0 Å². The highest BCUT2D eigenvalue weighted by Crippen LogP contribution is 2.23. The number of hydrogen-bond acceptors (Lipinski definition) is 3. The van der Waals surface area contributed by atoms with E-state index in [-0.39, 0.29) is 0 Å². The first kappa shape index (κ1) is 8.84. The Hall–Kier alpha value is -1.25. The second kappa shape index (κ2) is 3.43. The fourth-order valence-corrected chi connectivity index (χ4v) is 1.18. The van der Waals surface area contributed by atoms with Crippen LogP contribution in [0.15, 0.2) is 12.3 Å². The Labute approximate surface area is 73.0 Å². The molecule has 12 heavy (non-hydrogen) atoms. The van der Waals surface area contributed by atoms with Gasteiger partial charge in [-0.15, -0.1) is 0 Å². The van der Waals surface area contributed by atoms with Crippen molar-refractivity contribution in [1.82, 2.24) is 4.98 Å². The zero-order valence-corrected chi connectivity index (χ0v) is 7.96. The zero-order valence-electron chi connectivity index (χ0n) is 7.96. The van der Waals surface area contributed by atoms with Crippen molar-refractivity contribution in [3.63, 3.8) is 0 Å². The van der Waals surface area contributed by atoms with Crippen molar-refractivity contribution < 1.29 is 4.74 Å². The molecule has 1 rings (SSSR count). The average molecular weight is 166 g/mol. The largest absolute Gasteiger partial charge is 0.496 e. The summed E-state index contributed by atoms with van der Waals surface area (Å²) in [5.74, 6) is 1.84. The number of ether oxygens (including phenoxy) is 1. The molecule has 0 amide bonds. The summed E-state index contributed by atoms with van der Waals surface area (Å²) in [4.78, 5) is 6.20. The number of aromatic nitrogens is 1. The minimum absolute atomic E-state index is 0.883. The lowest BCUT2D eigenvalue weighted by molar-refractivity contribution is 0.411. The van der Waals surface area contributed by atoms with Crippen LogP contribution in [0.4, 0.5) is 5.82 Å². The van der Waals surface area contributed by atoms with Gasteiger partial charge in [0.1, 0.15) is 11.6 Å². The lowest BCUT2D eigenvalue weighted by Crippen LogP contribution is -2.12. The monoisotopic (exact) mass is 166 g/mol. The Kier molecular flexibility index (Phi) is 2.53. The predicted molar refractivity (Wildman–Crippen MR) is 49.9 cm³/mol. The van der Waals surface area contributed by atoms with Crippen LogP contribution < -0.4 is 9.64 Å². The summed E-state index contributed by atoms with van der Waals surface area (Å²) in [6.45, 7) is 2.00. The lowest BCUT2D eigenvalue weighted by atomic mass is 10.2. The molecule has 0 N–H and O–H groups in total. The first-order chi connectivity index (χ1) is 5.66. The highest BCUT2D eigenvalue weighted by atomic mass is 16.5. The number of nitrogens with zero attached hydrogens (tertiary/aromatic N) is 2. The fourth-order valence-electron chi connectivity index (χ4n) is 1.18. The number of rotatable bonds is 2. The predicted octanol–water partition coefficient (Wildman–Crippen LogP) is 1.46. The van der Waals surface area contributed by atoms with Crippen LogP contribution in [0.3, 0.4) is 0 Å². The van der Waals surface area contributed by atoms with Crippen LogP contribution in [0.5, 0.6) is 5.75 Å². The van der Waals surface area contributed by atoms with E-state index in [1.165, 1.54) is 0 Å². The fraction of sp³-hybridized carbons (Fsp3) is 0.444. The molecule has 0 saturated heterocycles. The van der Waals surface area contributed by atoms with Crippen molar-refractivity contribution in [3.05, 3.63) is 17.8 Å². The van der Waals surface area contributed by atoms with Crippen LogP contribution in [0.25, 0.3) is 0 Å². The van der Waals surface area contributed by atoms with E-state index in [2.05, 4.69) is 4.98 Å². The van der Waals surface area contributed by atoms with Crippen LogP contribution in [-0.2, 0) is 0 Å². The van der Waals surface area contributed by atoms with Crippen molar-refractivity contribution in [2.24, 2.45) is 0 Å². The maximum Gasteiger partial charge on any atom is 0.134 e. The molecule has 1 aromatic rings. The van der Waals surface area contributed by atoms with E-state index in [1.54, 1.807) is 13.3 Å². The summed E-state index contributed by atoms with van der Waals surface area (Å²) in [5.41, 5.74) is 1.07. The minimum atomic E-state index is 0.883. The number of pyridine rings is 1. The quantitative estimate of drug-likeness (QED) is 0.665. The maximum atomic E-state index is 5.17. The van der Waals surface area contributed by atoms with Gasteiger partial charge in [-0.2, -0.15) is 0 Å². The van der Waals surface area contributed by atoms with Gasteiger partial charge in [-0.25, -0.2) is 4.98 Å². The van der Waals surface area contributed by atoms with Gasteiger partial charge in [-0.1, -0.05) is 0 Å². The standard InChI is InChI=1S/C9H14N2O/c1-7-8(12-4)5-6-10-9(7)11(2)3/h5-6H,1-4H3. The van der Waals surface area contributed by atoms with Crippen molar-refractivity contribution in [2.45, 2.75) is 6.92 Å². The summed E-state index contributed by atoms with van der Waals surface area (Å²) in [6.07, 6.45) is 1.75. The second-order valence-electron chi connectivity index (χ2n) is 2.86. The molecular formula is C9H14N2O.